The van der Waals surface area contributed by atoms with E-state index in [2.05, 4.69) is 54.5 Å². The maximum absolute atomic E-state index is 13.9. The molecule has 0 aliphatic heterocycles. The first-order valence-electron chi connectivity index (χ1n) is 13.9. The standard InChI is InChI=1S/C30H50O3/c1-8-30(33)16-15-28(6)20(17-30)10-11-21-23-13-12-22(29(23,7)18-24(31)26(21)28)19(2)9-14-25(32)27(3,4)5/h10,19,21-23,25-26,32-33H,8-9,11-18H2,1-7H3/t19-,21+,22-,23+,25+,26-,28+,29-,30+/m1/s1. The van der Waals surface area contributed by atoms with Gasteiger partial charge in [0.1, 0.15) is 5.78 Å². The third kappa shape index (κ3) is 4.18. The van der Waals surface area contributed by atoms with Crippen LogP contribution >= 0.6 is 0 Å². The minimum Gasteiger partial charge on any atom is -0.393 e. The molecule has 4 aliphatic rings. The highest BCUT2D eigenvalue weighted by Gasteiger charge is 2.62. The first-order valence-corrected chi connectivity index (χ1v) is 13.9. The Hall–Kier alpha value is -0.670. The molecule has 0 radical (unpaired) electrons. The van der Waals surface area contributed by atoms with Crippen molar-refractivity contribution in [3.8, 4) is 0 Å². The molecule has 188 valence electrons. The first-order chi connectivity index (χ1) is 15.2. The molecule has 2 N–H and O–H groups in total. The number of hydrogen-bond acceptors (Lipinski definition) is 3. The van der Waals surface area contributed by atoms with Crippen LogP contribution in [0.2, 0.25) is 0 Å². The second kappa shape index (κ2) is 8.47. The average Bonchev–Trinajstić information content (AvgIpc) is 3.08. The van der Waals surface area contributed by atoms with E-state index in [0.717, 1.165) is 51.4 Å². The predicted molar refractivity (Wildman–Crippen MR) is 135 cm³/mol. The number of hydrogen-bond donors (Lipinski definition) is 2. The van der Waals surface area contributed by atoms with Gasteiger partial charge in [-0.25, -0.2) is 0 Å². The number of Topliss-reactive ketones (excluding diaryl/α,β-unsaturated/α-hetero) is 1. The quantitative estimate of drug-likeness (QED) is 0.450. The number of allylic oxidation sites excluding steroid dienone is 1. The zero-order chi connectivity index (χ0) is 24.4. The van der Waals surface area contributed by atoms with Crippen molar-refractivity contribution in [2.24, 2.45) is 45.8 Å². The van der Waals surface area contributed by atoms with E-state index in [1.807, 2.05) is 0 Å². The van der Waals surface area contributed by atoms with Crippen LogP contribution in [-0.4, -0.2) is 27.7 Å². The summed E-state index contributed by atoms with van der Waals surface area (Å²) in [6.45, 7) is 15.6. The van der Waals surface area contributed by atoms with Gasteiger partial charge in [0, 0.05) is 12.3 Å². The van der Waals surface area contributed by atoms with Crippen LogP contribution in [0.15, 0.2) is 11.6 Å². The van der Waals surface area contributed by atoms with Crippen molar-refractivity contribution in [1.82, 2.24) is 0 Å². The van der Waals surface area contributed by atoms with Crippen LogP contribution in [0, 0.1) is 45.8 Å². The Labute approximate surface area is 202 Å². The maximum Gasteiger partial charge on any atom is 0.137 e. The molecule has 33 heavy (non-hydrogen) atoms. The van der Waals surface area contributed by atoms with Gasteiger partial charge in [-0.1, -0.05) is 60.1 Å². The van der Waals surface area contributed by atoms with Crippen LogP contribution in [-0.2, 0) is 4.79 Å². The maximum atomic E-state index is 13.9. The van der Waals surface area contributed by atoms with E-state index < -0.39 is 5.60 Å². The van der Waals surface area contributed by atoms with Crippen molar-refractivity contribution in [2.45, 2.75) is 124 Å². The summed E-state index contributed by atoms with van der Waals surface area (Å²) in [7, 11) is 0. The molecule has 0 spiro atoms. The van der Waals surface area contributed by atoms with Gasteiger partial charge in [0.25, 0.3) is 0 Å². The van der Waals surface area contributed by atoms with Gasteiger partial charge in [-0.2, -0.15) is 0 Å². The highest BCUT2D eigenvalue weighted by atomic mass is 16.3. The smallest absolute Gasteiger partial charge is 0.137 e. The molecule has 0 aromatic carbocycles. The molecule has 3 saturated carbocycles. The summed E-state index contributed by atoms with van der Waals surface area (Å²) in [6, 6.07) is 0. The predicted octanol–water partition coefficient (Wildman–Crippen LogP) is 6.71. The minimum absolute atomic E-state index is 0.0523. The van der Waals surface area contributed by atoms with Crippen LogP contribution in [0.1, 0.15) is 113 Å². The Balaban J connectivity index is 1.54. The summed E-state index contributed by atoms with van der Waals surface area (Å²) in [5, 5.41) is 21.6. The molecule has 0 aromatic rings. The molecule has 4 rings (SSSR count). The summed E-state index contributed by atoms with van der Waals surface area (Å²) in [5.74, 6) is 2.86. The van der Waals surface area contributed by atoms with Crippen LogP contribution in [0.3, 0.4) is 0 Å². The fraction of sp³-hybridized carbons (Fsp3) is 0.900. The number of aliphatic hydroxyl groups is 2. The number of carbonyl (C=O) groups excluding carboxylic acids is 1. The lowest BCUT2D eigenvalue weighted by molar-refractivity contribution is -0.147. The molecule has 0 unspecified atom stereocenters. The summed E-state index contributed by atoms with van der Waals surface area (Å²) in [6.07, 6.45) is 11.6. The third-order valence-corrected chi connectivity index (χ3v) is 11.3. The van der Waals surface area contributed by atoms with E-state index in [4.69, 9.17) is 0 Å². The minimum atomic E-state index is -0.573. The van der Waals surface area contributed by atoms with Crippen LogP contribution < -0.4 is 0 Å². The van der Waals surface area contributed by atoms with Crippen LogP contribution in [0.25, 0.3) is 0 Å². The number of fused-ring (bicyclic) bond motifs is 5. The largest absolute Gasteiger partial charge is 0.393 e. The second-order valence-corrected chi connectivity index (χ2v) is 14.2. The van der Waals surface area contributed by atoms with Crippen LogP contribution in [0.5, 0.6) is 0 Å². The molecule has 4 aliphatic carbocycles. The van der Waals surface area contributed by atoms with Gasteiger partial charge in [0.15, 0.2) is 0 Å². The monoisotopic (exact) mass is 458 g/mol. The lowest BCUT2D eigenvalue weighted by Crippen LogP contribution is -2.56. The number of ketones is 1. The van der Waals surface area contributed by atoms with Crippen molar-refractivity contribution in [2.75, 3.05) is 0 Å². The highest BCUT2D eigenvalue weighted by Crippen LogP contribution is 2.67. The summed E-state index contributed by atoms with van der Waals surface area (Å²) in [4.78, 5) is 13.9. The fourth-order valence-corrected chi connectivity index (χ4v) is 8.87. The molecular weight excluding hydrogens is 408 g/mol. The molecule has 0 bridgehead atoms. The second-order valence-electron chi connectivity index (χ2n) is 14.2. The molecule has 0 heterocycles. The van der Waals surface area contributed by atoms with Gasteiger partial charge in [0.05, 0.1) is 11.7 Å². The van der Waals surface area contributed by atoms with Gasteiger partial charge in [-0.15, -0.1) is 0 Å². The van der Waals surface area contributed by atoms with Gasteiger partial charge in [0.2, 0.25) is 0 Å². The molecule has 9 atom stereocenters. The van der Waals surface area contributed by atoms with E-state index in [-0.39, 0.29) is 28.3 Å². The fourth-order valence-electron chi connectivity index (χ4n) is 8.87. The Kier molecular flexibility index (Phi) is 6.53. The van der Waals surface area contributed by atoms with Gasteiger partial charge in [-0.3, -0.25) is 4.79 Å². The first kappa shape index (κ1) is 25.4. The Morgan fingerprint density at radius 1 is 1.12 bits per heavy atom. The summed E-state index contributed by atoms with van der Waals surface area (Å²) >= 11 is 0. The van der Waals surface area contributed by atoms with E-state index in [9.17, 15) is 15.0 Å². The zero-order valence-electron chi connectivity index (χ0n) is 22.4. The van der Waals surface area contributed by atoms with Gasteiger partial charge < -0.3 is 10.2 Å². The number of carbonyl (C=O) groups is 1. The van der Waals surface area contributed by atoms with E-state index in [1.54, 1.807) is 0 Å². The normalized spacial score (nSPS) is 45.0. The molecule has 0 aromatic heterocycles. The lowest BCUT2D eigenvalue weighted by Gasteiger charge is -2.58. The molecule has 3 heteroatoms. The van der Waals surface area contributed by atoms with Crippen molar-refractivity contribution in [3.63, 3.8) is 0 Å². The number of rotatable bonds is 5. The van der Waals surface area contributed by atoms with E-state index in [0.29, 0.717) is 29.5 Å². The molecule has 0 saturated heterocycles. The average molecular weight is 459 g/mol. The zero-order valence-corrected chi connectivity index (χ0v) is 22.4. The Morgan fingerprint density at radius 3 is 2.45 bits per heavy atom. The molecule has 3 nitrogen and oxygen atoms in total. The lowest BCUT2D eigenvalue weighted by atomic mass is 9.45. The van der Waals surface area contributed by atoms with Crippen molar-refractivity contribution in [1.29, 1.82) is 0 Å². The van der Waals surface area contributed by atoms with Crippen molar-refractivity contribution in [3.05, 3.63) is 11.6 Å². The van der Waals surface area contributed by atoms with E-state index in [1.165, 1.54) is 18.4 Å². The topological polar surface area (TPSA) is 57.5 Å². The Morgan fingerprint density at radius 2 is 1.82 bits per heavy atom. The third-order valence-electron chi connectivity index (χ3n) is 11.3. The van der Waals surface area contributed by atoms with Gasteiger partial charge >= 0.3 is 0 Å². The van der Waals surface area contributed by atoms with Crippen molar-refractivity contribution < 1.29 is 15.0 Å². The molecule has 3 fully saturated rings. The summed E-state index contributed by atoms with van der Waals surface area (Å²) < 4.78 is 0. The SMILES string of the molecule is CC[C@]1(O)CC[C@@]2(C)C(=CC[C@H]3[C@@H]4CC[C@H]([C@H](C)CC[C@H](O)C(C)(C)C)[C@@]4(C)CC(=O)[C@@H]32)C1. The summed E-state index contributed by atoms with van der Waals surface area (Å²) in [5.41, 5.74) is 0.779. The van der Waals surface area contributed by atoms with Gasteiger partial charge in [-0.05, 0) is 97.7 Å². The number of aliphatic hydroxyl groups excluding tert-OH is 1. The Bertz CT molecular complexity index is 793. The molecule has 0 amide bonds. The molecular formula is C30H50O3. The van der Waals surface area contributed by atoms with Crippen molar-refractivity contribution >= 4 is 5.78 Å². The highest BCUT2D eigenvalue weighted by molar-refractivity contribution is 5.85. The van der Waals surface area contributed by atoms with Crippen LogP contribution in [0.4, 0.5) is 0 Å². The van der Waals surface area contributed by atoms with E-state index >= 15 is 0 Å².